The van der Waals surface area contributed by atoms with Crippen molar-refractivity contribution in [2.45, 2.75) is 58.5 Å². The quantitative estimate of drug-likeness (QED) is 0.762. The first-order chi connectivity index (χ1) is 13.5. The number of nitrogens with zero attached hydrogens (tertiary/aromatic N) is 3. The number of benzene rings is 1. The van der Waals surface area contributed by atoms with Gasteiger partial charge < -0.3 is 5.32 Å². The molecule has 0 unspecified atom stereocenters. The second-order valence-corrected chi connectivity index (χ2v) is 8.58. The van der Waals surface area contributed by atoms with Gasteiger partial charge in [0.1, 0.15) is 0 Å². The molecule has 3 rings (SSSR count). The van der Waals surface area contributed by atoms with E-state index in [2.05, 4.69) is 53.4 Å². The molecule has 0 aliphatic carbocycles. The van der Waals surface area contributed by atoms with Crippen molar-refractivity contribution in [3.63, 3.8) is 0 Å². The van der Waals surface area contributed by atoms with Crippen molar-refractivity contribution < 1.29 is 4.79 Å². The Labute approximate surface area is 169 Å². The van der Waals surface area contributed by atoms with Crippen LogP contribution in [0.15, 0.2) is 36.7 Å². The van der Waals surface area contributed by atoms with Crippen LogP contribution >= 0.6 is 0 Å². The van der Waals surface area contributed by atoms with Gasteiger partial charge in [0, 0.05) is 38.8 Å². The highest BCUT2D eigenvalue weighted by Crippen LogP contribution is 2.16. The Balaban J connectivity index is 1.43. The Morgan fingerprint density at radius 2 is 1.96 bits per heavy atom. The van der Waals surface area contributed by atoms with Gasteiger partial charge in [-0.3, -0.25) is 14.4 Å². The van der Waals surface area contributed by atoms with Crippen molar-refractivity contribution in [2.75, 3.05) is 13.1 Å². The van der Waals surface area contributed by atoms with E-state index in [4.69, 9.17) is 0 Å². The summed E-state index contributed by atoms with van der Waals surface area (Å²) in [6, 6.07) is 9.30. The SMILES string of the molecule is CC(C)Cc1ccc(CN2CCC[C@H](NC(=O)CCc3cnn(C)c3)C2)cc1. The van der Waals surface area contributed by atoms with Crippen LogP contribution in [-0.2, 0) is 31.2 Å². The number of amides is 1. The van der Waals surface area contributed by atoms with Crippen LogP contribution in [0.25, 0.3) is 0 Å². The fourth-order valence-corrected chi connectivity index (χ4v) is 3.99. The van der Waals surface area contributed by atoms with Crippen LogP contribution in [0.3, 0.4) is 0 Å². The average Bonchev–Trinajstić information content (AvgIpc) is 3.07. The average molecular weight is 383 g/mol. The number of piperidine rings is 1. The first-order valence-electron chi connectivity index (χ1n) is 10.5. The number of nitrogens with one attached hydrogen (secondary N) is 1. The van der Waals surface area contributed by atoms with Crippen LogP contribution in [0.2, 0.25) is 0 Å². The molecule has 5 nitrogen and oxygen atoms in total. The standard InChI is InChI=1S/C23H34N4O/c1-18(2)13-19-6-8-20(9-7-19)16-27-12-4-5-22(17-27)25-23(28)11-10-21-14-24-26(3)15-21/h6-9,14-15,18,22H,4-5,10-13,16-17H2,1-3H3,(H,25,28)/t22-/m0/s1. The zero-order chi connectivity index (χ0) is 19.9. The molecule has 28 heavy (non-hydrogen) atoms. The molecule has 1 fully saturated rings. The van der Waals surface area contributed by atoms with Crippen molar-refractivity contribution in [3.05, 3.63) is 53.3 Å². The summed E-state index contributed by atoms with van der Waals surface area (Å²) in [7, 11) is 1.90. The fourth-order valence-electron chi connectivity index (χ4n) is 3.99. The Morgan fingerprint density at radius 3 is 2.64 bits per heavy atom. The molecule has 1 aromatic carbocycles. The molecular formula is C23H34N4O. The Kier molecular flexibility index (Phi) is 7.26. The maximum Gasteiger partial charge on any atom is 0.220 e. The molecule has 1 aliphatic heterocycles. The fraction of sp³-hybridized carbons (Fsp3) is 0.565. The van der Waals surface area contributed by atoms with Gasteiger partial charge >= 0.3 is 0 Å². The third kappa shape index (κ3) is 6.48. The van der Waals surface area contributed by atoms with E-state index in [9.17, 15) is 4.79 Å². The zero-order valence-corrected chi connectivity index (χ0v) is 17.5. The van der Waals surface area contributed by atoms with Crippen molar-refractivity contribution in [2.24, 2.45) is 13.0 Å². The molecule has 1 aliphatic rings. The number of rotatable bonds is 8. The summed E-state index contributed by atoms with van der Waals surface area (Å²) in [5, 5.41) is 7.39. The van der Waals surface area contributed by atoms with E-state index in [0.717, 1.165) is 50.9 Å². The van der Waals surface area contributed by atoms with Crippen molar-refractivity contribution in [3.8, 4) is 0 Å². The molecule has 0 radical (unpaired) electrons. The Bertz CT molecular complexity index is 750. The van der Waals surface area contributed by atoms with Gasteiger partial charge in [-0.1, -0.05) is 38.1 Å². The predicted molar refractivity (Wildman–Crippen MR) is 113 cm³/mol. The van der Waals surface area contributed by atoms with Crippen LogP contribution in [0.5, 0.6) is 0 Å². The Hall–Kier alpha value is -2.14. The molecule has 1 atom stereocenters. The first kappa shape index (κ1) is 20.6. The summed E-state index contributed by atoms with van der Waals surface area (Å²) in [5.41, 5.74) is 3.89. The number of aryl methyl sites for hydroxylation is 2. The van der Waals surface area contributed by atoms with E-state index in [0.29, 0.717) is 12.3 Å². The highest BCUT2D eigenvalue weighted by molar-refractivity contribution is 5.76. The van der Waals surface area contributed by atoms with Crippen molar-refractivity contribution in [1.29, 1.82) is 0 Å². The van der Waals surface area contributed by atoms with E-state index in [-0.39, 0.29) is 11.9 Å². The van der Waals surface area contributed by atoms with Gasteiger partial charge in [-0.2, -0.15) is 5.10 Å². The molecule has 1 aromatic heterocycles. The van der Waals surface area contributed by atoms with Gasteiger partial charge in [-0.25, -0.2) is 0 Å². The highest BCUT2D eigenvalue weighted by atomic mass is 16.1. The summed E-state index contributed by atoms with van der Waals surface area (Å²) in [6.07, 6.45) is 8.43. The third-order valence-electron chi connectivity index (χ3n) is 5.34. The second-order valence-electron chi connectivity index (χ2n) is 8.58. The minimum Gasteiger partial charge on any atom is -0.352 e. The Morgan fingerprint density at radius 1 is 1.21 bits per heavy atom. The zero-order valence-electron chi connectivity index (χ0n) is 17.5. The molecular weight excluding hydrogens is 348 g/mol. The molecule has 1 amide bonds. The largest absolute Gasteiger partial charge is 0.352 e. The monoisotopic (exact) mass is 382 g/mol. The maximum absolute atomic E-state index is 12.3. The van der Waals surface area contributed by atoms with Gasteiger partial charge in [0.15, 0.2) is 0 Å². The molecule has 0 bridgehead atoms. The summed E-state index contributed by atoms with van der Waals surface area (Å²) >= 11 is 0. The molecule has 152 valence electrons. The van der Waals surface area contributed by atoms with Gasteiger partial charge in [-0.05, 0) is 54.8 Å². The minimum atomic E-state index is 0.147. The molecule has 2 aromatic rings. The van der Waals surface area contributed by atoms with E-state index >= 15 is 0 Å². The lowest BCUT2D eigenvalue weighted by atomic mass is 10.0. The van der Waals surface area contributed by atoms with Gasteiger partial charge in [0.25, 0.3) is 0 Å². The van der Waals surface area contributed by atoms with E-state index in [1.807, 2.05) is 19.4 Å². The first-order valence-corrected chi connectivity index (χ1v) is 10.5. The maximum atomic E-state index is 12.3. The second kappa shape index (κ2) is 9.87. The van der Waals surface area contributed by atoms with Gasteiger partial charge in [0.05, 0.1) is 6.20 Å². The normalized spacial score (nSPS) is 17.8. The lowest BCUT2D eigenvalue weighted by molar-refractivity contribution is -0.122. The molecule has 0 saturated carbocycles. The molecule has 1 N–H and O–H groups in total. The summed E-state index contributed by atoms with van der Waals surface area (Å²) in [4.78, 5) is 14.8. The number of aromatic nitrogens is 2. The van der Waals surface area contributed by atoms with Crippen LogP contribution in [-0.4, -0.2) is 39.7 Å². The van der Waals surface area contributed by atoms with Crippen LogP contribution < -0.4 is 5.32 Å². The van der Waals surface area contributed by atoms with Crippen LogP contribution in [0.4, 0.5) is 0 Å². The predicted octanol–water partition coefficient (Wildman–Crippen LogP) is 3.33. The molecule has 0 spiro atoms. The summed E-state index contributed by atoms with van der Waals surface area (Å²) < 4.78 is 1.78. The smallest absolute Gasteiger partial charge is 0.220 e. The van der Waals surface area contributed by atoms with Crippen LogP contribution in [0, 0.1) is 5.92 Å². The number of likely N-dealkylation sites (tertiary alicyclic amines) is 1. The topological polar surface area (TPSA) is 50.2 Å². The lowest BCUT2D eigenvalue weighted by Crippen LogP contribution is -2.47. The van der Waals surface area contributed by atoms with Crippen molar-refractivity contribution in [1.82, 2.24) is 20.0 Å². The molecule has 1 saturated heterocycles. The van der Waals surface area contributed by atoms with Crippen molar-refractivity contribution >= 4 is 5.91 Å². The molecule has 2 heterocycles. The summed E-state index contributed by atoms with van der Waals surface area (Å²) in [6.45, 7) is 7.52. The number of carbonyl (C=O) groups is 1. The van der Waals surface area contributed by atoms with Gasteiger partial charge in [-0.15, -0.1) is 0 Å². The number of carbonyl (C=O) groups excluding carboxylic acids is 1. The van der Waals surface area contributed by atoms with E-state index in [1.165, 1.54) is 11.1 Å². The van der Waals surface area contributed by atoms with E-state index < -0.39 is 0 Å². The summed E-state index contributed by atoms with van der Waals surface area (Å²) in [5.74, 6) is 0.837. The van der Waals surface area contributed by atoms with Gasteiger partial charge in [0.2, 0.25) is 5.91 Å². The molecule has 5 heteroatoms. The minimum absolute atomic E-state index is 0.147. The number of hydrogen-bond donors (Lipinski definition) is 1. The lowest BCUT2D eigenvalue weighted by Gasteiger charge is -2.33. The third-order valence-corrected chi connectivity index (χ3v) is 5.34. The number of hydrogen-bond acceptors (Lipinski definition) is 3. The van der Waals surface area contributed by atoms with E-state index in [1.54, 1.807) is 4.68 Å². The highest BCUT2D eigenvalue weighted by Gasteiger charge is 2.21. The van der Waals surface area contributed by atoms with Crippen LogP contribution in [0.1, 0.15) is 49.8 Å².